The Balaban J connectivity index is 1.56. The van der Waals surface area contributed by atoms with Gasteiger partial charge in [0.2, 0.25) is 5.95 Å². The van der Waals surface area contributed by atoms with Crippen molar-refractivity contribution in [1.82, 2.24) is 9.97 Å². The third-order valence-electron chi connectivity index (χ3n) is 4.47. The second kappa shape index (κ2) is 7.27. The highest BCUT2D eigenvalue weighted by Crippen LogP contribution is 2.33. The minimum atomic E-state index is 0.166. The van der Waals surface area contributed by atoms with Crippen LogP contribution in [0.5, 0.6) is 5.75 Å². The van der Waals surface area contributed by atoms with Gasteiger partial charge < -0.3 is 15.0 Å². The fraction of sp³-hybridized carbons (Fsp3) is 0.273. The van der Waals surface area contributed by atoms with Crippen molar-refractivity contribution in [2.75, 3.05) is 16.8 Å². The van der Waals surface area contributed by atoms with Gasteiger partial charge >= 0.3 is 0 Å². The van der Waals surface area contributed by atoms with E-state index in [2.05, 4.69) is 39.5 Å². The lowest BCUT2D eigenvalue weighted by atomic mass is 10.2. The highest BCUT2D eigenvalue weighted by molar-refractivity contribution is 5.67. The fourth-order valence-corrected chi connectivity index (χ4v) is 3.32. The second-order valence-corrected chi connectivity index (χ2v) is 7.04. The smallest absolute Gasteiger partial charge is 0.232 e. The van der Waals surface area contributed by atoms with Crippen LogP contribution >= 0.6 is 0 Å². The summed E-state index contributed by atoms with van der Waals surface area (Å²) < 4.78 is 5.70. The van der Waals surface area contributed by atoms with Crippen LogP contribution in [0.15, 0.2) is 54.6 Å². The largest absolute Gasteiger partial charge is 0.491 e. The molecule has 0 aliphatic carbocycles. The van der Waals surface area contributed by atoms with E-state index in [0.29, 0.717) is 0 Å². The summed E-state index contributed by atoms with van der Waals surface area (Å²) in [6.07, 6.45) is 1.19. The van der Waals surface area contributed by atoms with E-state index in [1.807, 2.05) is 51.1 Å². The summed E-state index contributed by atoms with van der Waals surface area (Å²) >= 11 is 0. The van der Waals surface area contributed by atoms with Crippen molar-refractivity contribution in [2.45, 2.75) is 33.3 Å². The van der Waals surface area contributed by atoms with Crippen LogP contribution in [0.3, 0.4) is 0 Å². The molecule has 4 rings (SSSR count). The van der Waals surface area contributed by atoms with Crippen LogP contribution in [0, 0.1) is 6.92 Å². The summed E-state index contributed by atoms with van der Waals surface area (Å²) in [5.74, 6) is 2.39. The molecule has 138 valence electrons. The average Bonchev–Trinajstić information content (AvgIpc) is 3.07. The summed E-state index contributed by atoms with van der Waals surface area (Å²) in [6.45, 7) is 6.95. The van der Waals surface area contributed by atoms with Gasteiger partial charge in [0, 0.05) is 29.7 Å². The summed E-state index contributed by atoms with van der Waals surface area (Å²) in [5.41, 5.74) is 4.45. The zero-order valence-electron chi connectivity index (χ0n) is 15.9. The van der Waals surface area contributed by atoms with Crippen molar-refractivity contribution in [2.24, 2.45) is 0 Å². The van der Waals surface area contributed by atoms with Crippen LogP contribution in [-0.2, 0) is 6.42 Å². The first-order valence-electron chi connectivity index (χ1n) is 9.33. The number of benzene rings is 2. The molecule has 0 saturated carbocycles. The van der Waals surface area contributed by atoms with Crippen LogP contribution in [0.2, 0.25) is 0 Å². The molecule has 1 aromatic heterocycles. The number of para-hydroxylation sites is 1. The highest BCUT2D eigenvalue weighted by atomic mass is 16.5. The molecule has 1 aliphatic heterocycles. The fourth-order valence-electron chi connectivity index (χ4n) is 3.32. The monoisotopic (exact) mass is 360 g/mol. The van der Waals surface area contributed by atoms with E-state index in [4.69, 9.17) is 9.72 Å². The van der Waals surface area contributed by atoms with Crippen LogP contribution in [0.4, 0.5) is 23.1 Å². The Morgan fingerprint density at radius 3 is 2.59 bits per heavy atom. The Morgan fingerprint density at radius 2 is 1.81 bits per heavy atom. The Hall–Kier alpha value is -3.08. The lowest BCUT2D eigenvalue weighted by Crippen LogP contribution is -2.17. The molecule has 1 aliphatic rings. The Kier molecular flexibility index (Phi) is 4.67. The van der Waals surface area contributed by atoms with Gasteiger partial charge in [-0.2, -0.15) is 4.98 Å². The van der Waals surface area contributed by atoms with E-state index >= 15 is 0 Å². The number of fused-ring (bicyclic) bond motifs is 1. The number of aromatic nitrogens is 2. The maximum absolute atomic E-state index is 5.70. The van der Waals surface area contributed by atoms with Crippen LogP contribution in [0.1, 0.15) is 25.1 Å². The molecule has 0 amide bonds. The lowest BCUT2D eigenvalue weighted by Gasteiger charge is -2.19. The molecule has 2 heterocycles. The van der Waals surface area contributed by atoms with E-state index < -0.39 is 0 Å². The maximum Gasteiger partial charge on any atom is 0.232 e. The van der Waals surface area contributed by atoms with Crippen LogP contribution in [0.25, 0.3) is 0 Å². The van der Waals surface area contributed by atoms with Gasteiger partial charge in [-0.05, 0) is 63.1 Å². The molecular weight excluding hydrogens is 336 g/mol. The van der Waals surface area contributed by atoms with Crippen LogP contribution < -0.4 is 15.0 Å². The first-order chi connectivity index (χ1) is 13.1. The number of hydrogen-bond donors (Lipinski definition) is 1. The molecule has 0 atom stereocenters. The number of hydrogen-bond acceptors (Lipinski definition) is 5. The van der Waals surface area contributed by atoms with Crippen molar-refractivity contribution < 1.29 is 4.74 Å². The van der Waals surface area contributed by atoms with E-state index in [-0.39, 0.29) is 6.10 Å². The van der Waals surface area contributed by atoms with Gasteiger partial charge in [-0.15, -0.1) is 0 Å². The van der Waals surface area contributed by atoms with E-state index in [9.17, 15) is 0 Å². The highest BCUT2D eigenvalue weighted by Gasteiger charge is 2.22. The molecule has 5 nitrogen and oxygen atoms in total. The van der Waals surface area contributed by atoms with E-state index in [0.717, 1.165) is 41.9 Å². The summed E-state index contributed by atoms with van der Waals surface area (Å²) in [7, 11) is 0. The third kappa shape index (κ3) is 3.87. The van der Waals surface area contributed by atoms with Crippen molar-refractivity contribution in [1.29, 1.82) is 0 Å². The molecule has 0 unspecified atom stereocenters. The first kappa shape index (κ1) is 17.3. The predicted octanol–water partition coefficient (Wildman–Crippen LogP) is 5.01. The molecule has 0 radical (unpaired) electrons. The van der Waals surface area contributed by atoms with Gasteiger partial charge in [-0.1, -0.05) is 18.2 Å². The molecule has 0 fully saturated rings. The normalized spacial score (nSPS) is 13.0. The third-order valence-corrected chi connectivity index (χ3v) is 4.47. The Bertz CT molecular complexity index is 937. The minimum Gasteiger partial charge on any atom is -0.491 e. The average molecular weight is 360 g/mol. The van der Waals surface area contributed by atoms with Gasteiger partial charge in [0.25, 0.3) is 0 Å². The van der Waals surface area contributed by atoms with Gasteiger partial charge in [0.15, 0.2) is 0 Å². The standard InChI is InChI=1S/C22H24N4O/c1-15(2)27-19-10-8-18(9-11-19)24-21-14-16(3)23-22(25-21)26-13-12-17-6-4-5-7-20(17)26/h4-11,14-15H,12-13H2,1-3H3,(H,23,24,25). The molecule has 0 spiro atoms. The van der Waals surface area contributed by atoms with Crippen molar-refractivity contribution >= 4 is 23.1 Å². The number of anilines is 4. The van der Waals surface area contributed by atoms with Crippen LogP contribution in [-0.4, -0.2) is 22.6 Å². The van der Waals surface area contributed by atoms with Crippen molar-refractivity contribution in [3.63, 3.8) is 0 Å². The first-order valence-corrected chi connectivity index (χ1v) is 9.33. The molecule has 3 aromatic rings. The van der Waals surface area contributed by atoms with Gasteiger partial charge in [-0.3, -0.25) is 0 Å². The molecular formula is C22H24N4O. The number of nitrogens with one attached hydrogen (secondary N) is 1. The molecule has 5 heteroatoms. The van der Waals surface area contributed by atoms with Gasteiger partial charge in [-0.25, -0.2) is 4.98 Å². The molecule has 0 saturated heterocycles. The lowest BCUT2D eigenvalue weighted by molar-refractivity contribution is 0.242. The predicted molar refractivity (Wildman–Crippen MR) is 109 cm³/mol. The summed E-state index contributed by atoms with van der Waals surface area (Å²) in [5, 5.41) is 3.38. The van der Waals surface area contributed by atoms with Gasteiger partial charge in [0.05, 0.1) is 6.10 Å². The molecule has 0 bridgehead atoms. The quantitative estimate of drug-likeness (QED) is 0.693. The second-order valence-electron chi connectivity index (χ2n) is 7.04. The summed E-state index contributed by atoms with van der Waals surface area (Å²) in [4.78, 5) is 11.6. The molecule has 27 heavy (non-hydrogen) atoms. The molecule has 2 aromatic carbocycles. The van der Waals surface area contributed by atoms with E-state index in [1.165, 1.54) is 11.3 Å². The summed E-state index contributed by atoms with van der Waals surface area (Å²) in [6, 6.07) is 18.3. The van der Waals surface area contributed by atoms with E-state index in [1.54, 1.807) is 0 Å². The Morgan fingerprint density at radius 1 is 1.04 bits per heavy atom. The maximum atomic E-state index is 5.70. The molecule has 1 N–H and O–H groups in total. The number of ether oxygens (including phenoxy) is 1. The number of nitrogens with zero attached hydrogens (tertiary/aromatic N) is 3. The topological polar surface area (TPSA) is 50.3 Å². The van der Waals surface area contributed by atoms with Crippen molar-refractivity contribution in [3.8, 4) is 5.75 Å². The SMILES string of the molecule is Cc1cc(Nc2ccc(OC(C)C)cc2)nc(N2CCc3ccccc32)n1. The Labute approximate surface area is 160 Å². The number of rotatable bonds is 5. The van der Waals surface area contributed by atoms with Crippen molar-refractivity contribution in [3.05, 3.63) is 65.9 Å². The minimum absolute atomic E-state index is 0.166. The zero-order chi connectivity index (χ0) is 18.8. The van der Waals surface area contributed by atoms with Gasteiger partial charge in [0.1, 0.15) is 11.6 Å². The number of aryl methyl sites for hydroxylation is 1. The zero-order valence-corrected chi connectivity index (χ0v) is 15.9.